The highest BCUT2D eigenvalue weighted by atomic mass is 32.2. The monoisotopic (exact) mass is 328 g/mol. The summed E-state index contributed by atoms with van der Waals surface area (Å²) in [7, 11) is -1.48. The number of benzene rings is 2. The number of hydrogen-bond acceptors (Lipinski definition) is 3. The zero-order chi connectivity index (χ0) is 16.2. The number of nitrogens with zero attached hydrogens (tertiary/aromatic N) is 2. The van der Waals surface area contributed by atoms with E-state index < -0.39 is 10.0 Å². The number of anilines is 1. The van der Waals surface area contributed by atoms with E-state index in [0.717, 1.165) is 18.8 Å². The average molecular weight is 328 g/mol. The van der Waals surface area contributed by atoms with Gasteiger partial charge < -0.3 is 4.90 Å². The predicted molar refractivity (Wildman–Crippen MR) is 91.3 cm³/mol. The van der Waals surface area contributed by atoms with Crippen LogP contribution in [0, 0.1) is 6.92 Å². The minimum Gasteiger partial charge on any atom is -0.304 e. The van der Waals surface area contributed by atoms with Crippen LogP contribution in [0.25, 0.3) is 0 Å². The molecule has 1 saturated heterocycles. The summed E-state index contributed by atoms with van der Waals surface area (Å²) in [5.41, 5.74) is 3.19. The largest absolute Gasteiger partial charge is 0.304 e. The van der Waals surface area contributed by atoms with Crippen molar-refractivity contribution in [2.24, 2.45) is 0 Å². The van der Waals surface area contributed by atoms with E-state index in [-0.39, 0.29) is 12.0 Å². The van der Waals surface area contributed by atoms with E-state index in [9.17, 15) is 8.42 Å². The second kappa shape index (κ2) is 5.08. The Morgan fingerprint density at radius 3 is 2.52 bits per heavy atom. The molecule has 0 spiro atoms. The van der Waals surface area contributed by atoms with Gasteiger partial charge in [-0.1, -0.05) is 35.9 Å². The predicted octanol–water partition coefficient (Wildman–Crippen LogP) is 2.60. The highest BCUT2D eigenvalue weighted by Crippen LogP contribution is 2.47. The third-order valence-electron chi connectivity index (χ3n) is 4.89. The molecule has 2 heterocycles. The van der Waals surface area contributed by atoms with Gasteiger partial charge in [0.05, 0.1) is 16.6 Å². The Kier molecular flexibility index (Phi) is 3.25. The number of likely N-dealkylation sites (tertiary alicyclic amines) is 1. The van der Waals surface area contributed by atoms with Crippen LogP contribution in [0.4, 0.5) is 5.69 Å². The van der Waals surface area contributed by atoms with E-state index in [4.69, 9.17) is 0 Å². The van der Waals surface area contributed by atoms with Gasteiger partial charge in [-0.05, 0) is 37.7 Å². The van der Waals surface area contributed by atoms with Crippen LogP contribution in [0.2, 0.25) is 0 Å². The van der Waals surface area contributed by atoms with Gasteiger partial charge >= 0.3 is 0 Å². The van der Waals surface area contributed by atoms with E-state index in [1.807, 2.05) is 18.2 Å². The second-order valence-corrected chi connectivity index (χ2v) is 8.39. The van der Waals surface area contributed by atoms with Gasteiger partial charge in [-0.3, -0.25) is 4.31 Å². The van der Waals surface area contributed by atoms with Gasteiger partial charge in [-0.15, -0.1) is 0 Å². The van der Waals surface area contributed by atoms with Gasteiger partial charge in [-0.25, -0.2) is 8.42 Å². The lowest BCUT2D eigenvalue weighted by atomic mass is 9.97. The maximum absolute atomic E-state index is 13.2. The molecule has 0 aromatic heterocycles. The molecule has 120 valence electrons. The fraction of sp³-hybridized carbons (Fsp3) is 0.333. The highest BCUT2D eigenvalue weighted by molar-refractivity contribution is 7.92. The number of hydrogen-bond donors (Lipinski definition) is 0. The normalized spacial score (nSPS) is 23.8. The van der Waals surface area contributed by atoms with E-state index in [2.05, 4.69) is 24.9 Å². The van der Waals surface area contributed by atoms with Crippen molar-refractivity contribution in [3.63, 3.8) is 0 Å². The molecule has 2 atom stereocenters. The second-order valence-electron chi connectivity index (χ2n) is 6.57. The van der Waals surface area contributed by atoms with Crippen molar-refractivity contribution < 1.29 is 8.42 Å². The maximum atomic E-state index is 13.2. The molecule has 2 aromatic carbocycles. The molecule has 2 aliphatic heterocycles. The van der Waals surface area contributed by atoms with Crippen molar-refractivity contribution in [2.45, 2.75) is 23.8 Å². The molecule has 0 aliphatic carbocycles. The molecular weight excluding hydrogens is 308 g/mol. The molecule has 1 fully saturated rings. The lowest BCUT2D eigenvalue weighted by molar-refractivity contribution is 0.406. The quantitative estimate of drug-likeness (QED) is 0.851. The summed E-state index contributed by atoms with van der Waals surface area (Å²) in [4.78, 5) is 2.58. The first-order valence-electron chi connectivity index (χ1n) is 7.87. The van der Waals surface area contributed by atoms with Gasteiger partial charge in [-0.2, -0.15) is 0 Å². The molecule has 0 amide bonds. The number of rotatable bonds is 2. The highest BCUT2D eigenvalue weighted by Gasteiger charge is 2.48. The summed E-state index contributed by atoms with van der Waals surface area (Å²) in [6, 6.07) is 14.8. The zero-order valence-electron chi connectivity index (χ0n) is 13.3. The first-order valence-corrected chi connectivity index (χ1v) is 9.31. The molecule has 0 radical (unpaired) electrons. The van der Waals surface area contributed by atoms with Crippen LogP contribution in [0.3, 0.4) is 0 Å². The number of fused-ring (bicyclic) bond motifs is 3. The molecule has 0 bridgehead atoms. The van der Waals surface area contributed by atoms with E-state index >= 15 is 0 Å². The summed E-state index contributed by atoms with van der Waals surface area (Å²) in [6.07, 6.45) is 0. The van der Waals surface area contributed by atoms with Gasteiger partial charge in [0, 0.05) is 19.0 Å². The average Bonchev–Trinajstić information content (AvgIpc) is 3.03. The van der Waals surface area contributed by atoms with Gasteiger partial charge in [0.1, 0.15) is 0 Å². The van der Waals surface area contributed by atoms with Crippen molar-refractivity contribution in [3.05, 3.63) is 59.7 Å². The zero-order valence-corrected chi connectivity index (χ0v) is 14.1. The first kappa shape index (κ1) is 14.7. The molecule has 4 nitrogen and oxygen atoms in total. The van der Waals surface area contributed by atoms with Crippen molar-refractivity contribution in [2.75, 3.05) is 24.4 Å². The van der Waals surface area contributed by atoms with E-state index in [1.54, 1.807) is 28.6 Å². The lowest BCUT2D eigenvalue weighted by Gasteiger charge is -2.26. The smallest absolute Gasteiger partial charge is 0.264 e. The fourth-order valence-electron chi connectivity index (χ4n) is 3.89. The number of likely N-dealkylation sites (N-methyl/N-ethyl adjacent to an activating group) is 1. The molecule has 0 saturated carbocycles. The molecular formula is C18H20N2O2S. The van der Waals surface area contributed by atoms with Crippen molar-refractivity contribution in [1.29, 1.82) is 0 Å². The molecule has 4 rings (SSSR count). The molecule has 23 heavy (non-hydrogen) atoms. The summed E-state index contributed by atoms with van der Waals surface area (Å²) >= 11 is 0. The van der Waals surface area contributed by atoms with Crippen LogP contribution < -0.4 is 4.31 Å². The minimum atomic E-state index is -3.54. The third kappa shape index (κ3) is 2.18. The minimum absolute atomic E-state index is 0.0120. The number of aryl methyl sites for hydroxylation is 1. The van der Waals surface area contributed by atoms with Gasteiger partial charge in [0.25, 0.3) is 10.0 Å². The molecule has 0 N–H and O–H groups in total. The summed E-state index contributed by atoms with van der Waals surface area (Å²) in [5.74, 6) is 0.258. The lowest BCUT2D eigenvalue weighted by Crippen LogP contribution is -2.40. The van der Waals surface area contributed by atoms with Crippen LogP contribution in [-0.4, -0.2) is 39.5 Å². The Bertz CT molecular complexity index is 849. The summed E-state index contributed by atoms with van der Waals surface area (Å²) < 4.78 is 28.1. The standard InChI is InChI=1S/C18H20N2O2S/c1-13-8-9-17-15(10-13)16-11-19(2)12-18(16)20(17)23(21,22)14-6-4-3-5-7-14/h3-10,16,18H,11-12H2,1-2H3/t16-,18-/m0/s1. The van der Waals surface area contributed by atoms with Crippen LogP contribution >= 0.6 is 0 Å². The Hall–Kier alpha value is -1.85. The van der Waals surface area contributed by atoms with E-state index in [0.29, 0.717) is 4.90 Å². The van der Waals surface area contributed by atoms with Crippen LogP contribution in [0.1, 0.15) is 17.0 Å². The van der Waals surface area contributed by atoms with E-state index in [1.165, 1.54) is 11.1 Å². The Labute approximate surface area is 137 Å². The van der Waals surface area contributed by atoms with Crippen LogP contribution in [-0.2, 0) is 10.0 Å². The molecule has 2 aliphatic rings. The third-order valence-corrected chi connectivity index (χ3v) is 6.75. The fourth-order valence-corrected chi connectivity index (χ4v) is 5.61. The topological polar surface area (TPSA) is 40.6 Å². The van der Waals surface area contributed by atoms with Gasteiger partial charge in [0.2, 0.25) is 0 Å². The van der Waals surface area contributed by atoms with Crippen molar-refractivity contribution in [3.8, 4) is 0 Å². The van der Waals surface area contributed by atoms with Crippen molar-refractivity contribution >= 4 is 15.7 Å². The van der Waals surface area contributed by atoms with Crippen LogP contribution in [0.15, 0.2) is 53.4 Å². The SMILES string of the molecule is Cc1ccc2c(c1)[C@@H]1CN(C)C[C@@H]1N2S(=O)(=O)c1ccccc1. The molecule has 2 aromatic rings. The Morgan fingerprint density at radius 1 is 1.04 bits per heavy atom. The molecule has 5 heteroatoms. The summed E-state index contributed by atoms with van der Waals surface area (Å²) in [6.45, 7) is 3.73. The Balaban J connectivity index is 1.88. The Morgan fingerprint density at radius 2 is 1.78 bits per heavy atom. The number of sulfonamides is 1. The van der Waals surface area contributed by atoms with Crippen molar-refractivity contribution in [1.82, 2.24) is 4.90 Å². The first-order chi connectivity index (χ1) is 11.0. The summed E-state index contributed by atoms with van der Waals surface area (Å²) in [5, 5.41) is 0. The van der Waals surface area contributed by atoms with Crippen LogP contribution in [0.5, 0.6) is 0 Å². The maximum Gasteiger partial charge on any atom is 0.264 e. The molecule has 0 unspecified atom stereocenters. The van der Waals surface area contributed by atoms with Gasteiger partial charge in [0.15, 0.2) is 0 Å².